The summed E-state index contributed by atoms with van der Waals surface area (Å²) in [6.45, 7) is 1.20. The monoisotopic (exact) mass is 419 g/mol. The molecule has 28 heavy (non-hydrogen) atoms. The molecule has 0 aliphatic carbocycles. The SMILES string of the molecule is O=C(CSc1nc2ccsc2c(=O)n1-c1ccccc1F)NC[C@H]1CCCO1. The van der Waals surface area contributed by atoms with Gasteiger partial charge in [0.1, 0.15) is 10.5 Å². The molecule has 1 aliphatic heterocycles. The van der Waals surface area contributed by atoms with E-state index < -0.39 is 5.82 Å². The first-order valence-corrected chi connectivity index (χ1v) is 10.8. The molecule has 1 atom stereocenters. The summed E-state index contributed by atoms with van der Waals surface area (Å²) in [6, 6.07) is 7.79. The van der Waals surface area contributed by atoms with E-state index in [1.165, 1.54) is 28.0 Å². The third-order valence-corrected chi connectivity index (χ3v) is 6.26. The number of benzene rings is 1. The van der Waals surface area contributed by atoms with E-state index in [1.807, 2.05) is 0 Å². The lowest BCUT2D eigenvalue weighted by atomic mass is 10.2. The summed E-state index contributed by atoms with van der Waals surface area (Å²) in [4.78, 5) is 29.6. The standard InChI is InChI=1S/C19H18FN3O3S2/c20-13-5-1-2-6-15(13)23-18(25)17-14(7-9-27-17)22-19(23)28-11-16(24)21-10-12-4-3-8-26-12/h1-2,5-7,9,12H,3-4,8,10-11H2,(H,21,24)/t12-/m1/s1. The van der Waals surface area contributed by atoms with Crippen molar-refractivity contribution in [3.8, 4) is 5.69 Å². The van der Waals surface area contributed by atoms with Gasteiger partial charge in [-0.25, -0.2) is 9.37 Å². The van der Waals surface area contributed by atoms with Crippen LogP contribution >= 0.6 is 23.1 Å². The molecule has 1 aromatic carbocycles. The number of thiophene rings is 1. The van der Waals surface area contributed by atoms with Crippen LogP contribution in [0.25, 0.3) is 15.9 Å². The fourth-order valence-electron chi connectivity index (χ4n) is 3.05. The van der Waals surface area contributed by atoms with Crippen LogP contribution in [-0.4, -0.2) is 40.5 Å². The molecular formula is C19H18FN3O3S2. The largest absolute Gasteiger partial charge is 0.376 e. The van der Waals surface area contributed by atoms with Crippen molar-refractivity contribution in [1.29, 1.82) is 0 Å². The van der Waals surface area contributed by atoms with Gasteiger partial charge in [-0.15, -0.1) is 11.3 Å². The molecule has 1 fully saturated rings. The Labute approximate surface area is 168 Å². The topological polar surface area (TPSA) is 73.2 Å². The Kier molecular flexibility index (Phi) is 5.74. The lowest BCUT2D eigenvalue weighted by molar-refractivity contribution is -0.119. The number of amides is 1. The average molecular weight is 420 g/mol. The van der Waals surface area contributed by atoms with Crippen LogP contribution in [0.2, 0.25) is 0 Å². The maximum absolute atomic E-state index is 14.4. The van der Waals surface area contributed by atoms with Gasteiger partial charge < -0.3 is 10.1 Å². The van der Waals surface area contributed by atoms with E-state index in [1.54, 1.807) is 23.6 Å². The van der Waals surface area contributed by atoms with Crippen LogP contribution in [0.5, 0.6) is 0 Å². The zero-order valence-electron chi connectivity index (χ0n) is 14.9. The third-order valence-electron chi connectivity index (χ3n) is 4.43. The second-order valence-corrected chi connectivity index (χ2v) is 8.21. The molecule has 9 heteroatoms. The molecule has 6 nitrogen and oxygen atoms in total. The number of para-hydroxylation sites is 1. The minimum atomic E-state index is -0.521. The zero-order valence-corrected chi connectivity index (χ0v) is 16.5. The van der Waals surface area contributed by atoms with E-state index in [-0.39, 0.29) is 34.2 Å². The van der Waals surface area contributed by atoms with Crippen molar-refractivity contribution in [2.24, 2.45) is 0 Å². The minimum Gasteiger partial charge on any atom is -0.376 e. The smallest absolute Gasteiger partial charge is 0.276 e. The second kappa shape index (κ2) is 8.42. The van der Waals surface area contributed by atoms with E-state index in [4.69, 9.17) is 4.74 Å². The highest BCUT2D eigenvalue weighted by Gasteiger charge is 2.19. The van der Waals surface area contributed by atoms with Crippen molar-refractivity contribution in [1.82, 2.24) is 14.9 Å². The molecule has 3 heterocycles. The number of nitrogens with zero attached hydrogens (tertiary/aromatic N) is 2. The van der Waals surface area contributed by atoms with Crippen LogP contribution in [0, 0.1) is 5.82 Å². The number of hydrogen-bond acceptors (Lipinski definition) is 6. The van der Waals surface area contributed by atoms with Gasteiger partial charge in [0.2, 0.25) is 5.91 Å². The highest BCUT2D eigenvalue weighted by atomic mass is 32.2. The predicted octanol–water partition coefficient (Wildman–Crippen LogP) is 2.97. The van der Waals surface area contributed by atoms with Crippen molar-refractivity contribution in [3.63, 3.8) is 0 Å². The highest BCUT2D eigenvalue weighted by molar-refractivity contribution is 7.99. The highest BCUT2D eigenvalue weighted by Crippen LogP contribution is 2.24. The normalized spacial score (nSPS) is 16.5. The molecule has 0 saturated carbocycles. The van der Waals surface area contributed by atoms with Crippen LogP contribution in [0.15, 0.2) is 45.7 Å². The van der Waals surface area contributed by atoms with Crippen LogP contribution in [0.1, 0.15) is 12.8 Å². The van der Waals surface area contributed by atoms with Gasteiger partial charge in [-0.05, 0) is 36.4 Å². The third kappa shape index (κ3) is 3.96. The van der Waals surface area contributed by atoms with Gasteiger partial charge in [-0.3, -0.25) is 14.2 Å². The van der Waals surface area contributed by atoms with Gasteiger partial charge in [0, 0.05) is 13.2 Å². The summed E-state index contributed by atoms with van der Waals surface area (Å²) in [6.07, 6.45) is 2.01. The number of fused-ring (bicyclic) bond motifs is 1. The van der Waals surface area contributed by atoms with Gasteiger partial charge >= 0.3 is 0 Å². The van der Waals surface area contributed by atoms with E-state index in [2.05, 4.69) is 10.3 Å². The summed E-state index contributed by atoms with van der Waals surface area (Å²) in [7, 11) is 0. The summed E-state index contributed by atoms with van der Waals surface area (Å²) < 4.78 is 21.6. The van der Waals surface area contributed by atoms with Gasteiger partial charge in [-0.1, -0.05) is 23.9 Å². The molecule has 0 spiro atoms. The molecule has 3 aromatic rings. The van der Waals surface area contributed by atoms with Crippen LogP contribution < -0.4 is 10.9 Å². The molecule has 4 rings (SSSR count). The molecule has 2 aromatic heterocycles. The van der Waals surface area contributed by atoms with Crippen molar-refractivity contribution in [2.75, 3.05) is 18.9 Å². The Balaban J connectivity index is 1.59. The van der Waals surface area contributed by atoms with E-state index >= 15 is 0 Å². The van der Waals surface area contributed by atoms with E-state index in [0.717, 1.165) is 31.2 Å². The molecule has 1 amide bonds. The molecule has 1 N–H and O–H groups in total. The molecular weight excluding hydrogens is 401 g/mol. The number of aromatic nitrogens is 2. The Morgan fingerprint density at radius 3 is 3.04 bits per heavy atom. The molecule has 0 unspecified atom stereocenters. The summed E-state index contributed by atoms with van der Waals surface area (Å²) >= 11 is 2.37. The van der Waals surface area contributed by atoms with Crippen molar-refractivity contribution in [3.05, 3.63) is 51.9 Å². The maximum Gasteiger partial charge on any atom is 0.276 e. The molecule has 0 bridgehead atoms. The number of thioether (sulfide) groups is 1. The van der Waals surface area contributed by atoms with Crippen LogP contribution in [-0.2, 0) is 9.53 Å². The number of nitrogens with one attached hydrogen (secondary N) is 1. The fraction of sp³-hybridized carbons (Fsp3) is 0.316. The number of halogens is 1. The Bertz CT molecular complexity index is 1060. The average Bonchev–Trinajstić information content (AvgIpc) is 3.37. The Morgan fingerprint density at radius 1 is 1.39 bits per heavy atom. The number of ether oxygens (including phenoxy) is 1. The quantitative estimate of drug-likeness (QED) is 0.491. The zero-order chi connectivity index (χ0) is 19.5. The predicted molar refractivity (Wildman–Crippen MR) is 108 cm³/mol. The maximum atomic E-state index is 14.4. The van der Waals surface area contributed by atoms with Gasteiger partial charge in [0.25, 0.3) is 5.56 Å². The number of rotatable bonds is 6. The summed E-state index contributed by atoms with van der Waals surface area (Å²) in [5.74, 6) is -0.629. The summed E-state index contributed by atoms with van der Waals surface area (Å²) in [5.41, 5.74) is 0.329. The van der Waals surface area contributed by atoms with Crippen molar-refractivity contribution in [2.45, 2.75) is 24.1 Å². The Hall–Kier alpha value is -2.23. The van der Waals surface area contributed by atoms with Gasteiger partial charge in [-0.2, -0.15) is 0 Å². The van der Waals surface area contributed by atoms with Crippen LogP contribution in [0.4, 0.5) is 4.39 Å². The van der Waals surface area contributed by atoms with E-state index in [0.29, 0.717) is 16.8 Å². The Morgan fingerprint density at radius 2 is 2.25 bits per heavy atom. The minimum absolute atomic E-state index is 0.0610. The lowest BCUT2D eigenvalue weighted by Crippen LogP contribution is -2.33. The molecule has 0 radical (unpaired) electrons. The van der Waals surface area contributed by atoms with Crippen molar-refractivity contribution >= 4 is 39.2 Å². The van der Waals surface area contributed by atoms with E-state index in [9.17, 15) is 14.0 Å². The molecule has 1 saturated heterocycles. The molecule has 1 aliphatic rings. The lowest BCUT2D eigenvalue weighted by Gasteiger charge is -2.13. The first kappa shape index (κ1) is 19.1. The second-order valence-electron chi connectivity index (χ2n) is 6.35. The first-order chi connectivity index (χ1) is 13.6. The number of carbonyl (C=O) groups is 1. The number of hydrogen-bond donors (Lipinski definition) is 1. The first-order valence-electron chi connectivity index (χ1n) is 8.90. The molecule has 146 valence electrons. The summed E-state index contributed by atoms with van der Waals surface area (Å²) in [5, 5.41) is 4.90. The number of carbonyl (C=O) groups excluding carboxylic acids is 1. The van der Waals surface area contributed by atoms with Crippen LogP contribution in [0.3, 0.4) is 0 Å². The van der Waals surface area contributed by atoms with Gasteiger partial charge in [0.05, 0.1) is 23.1 Å². The van der Waals surface area contributed by atoms with Gasteiger partial charge in [0.15, 0.2) is 5.16 Å². The van der Waals surface area contributed by atoms with Crippen molar-refractivity contribution < 1.29 is 13.9 Å². The fourth-order valence-corrected chi connectivity index (χ4v) is 4.64.